The SMILES string of the molecule is O=C1C[C@@H]2CC=C[C@@H]12. The Hall–Kier alpha value is -0.590. The number of carbonyl (C=O) groups excluding carboxylic acids is 1. The van der Waals surface area contributed by atoms with Crippen LogP contribution in [0.15, 0.2) is 12.2 Å². The summed E-state index contributed by atoms with van der Waals surface area (Å²) in [5, 5.41) is 0. The maximum atomic E-state index is 10.7. The zero-order valence-electron chi connectivity index (χ0n) is 4.63. The normalized spacial score (nSPS) is 41.8. The summed E-state index contributed by atoms with van der Waals surface area (Å²) in [6.45, 7) is 0. The molecule has 0 aromatic heterocycles. The summed E-state index contributed by atoms with van der Waals surface area (Å²) in [5.74, 6) is 1.50. The third-order valence-electron chi connectivity index (χ3n) is 2.13. The third kappa shape index (κ3) is 0.347. The van der Waals surface area contributed by atoms with E-state index in [1.807, 2.05) is 0 Å². The highest BCUT2D eigenvalue weighted by Crippen LogP contribution is 2.38. The maximum absolute atomic E-state index is 10.7. The minimum atomic E-state index is 0.343. The Bertz CT molecular complexity index is 158. The molecule has 2 aliphatic rings. The number of fused-ring (bicyclic) bond motifs is 1. The lowest BCUT2D eigenvalue weighted by Gasteiger charge is -2.27. The van der Waals surface area contributed by atoms with Gasteiger partial charge in [0.05, 0.1) is 0 Å². The molecule has 0 aromatic carbocycles. The minimum absolute atomic E-state index is 0.343. The summed E-state index contributed by atoms with van der Waals surface area (Å²) in [4.78, 5) is 10.7. The fraction of sp³-hybridized carbons (Fsp3) is 0.571. The van der Waals surface area contributed by atoms with Crippen LogP contribution in [0.4, 0.5) is 0 Å². The van der Waals surface area contributed by atoms with Crippen molar-refractivity contribution in [1.82, 2.24) is 0 Å². The van der Waals surface area contributed by atoms with Crippen LogP contribution in [0.25, 0.3) is 0 Å². The minimum Gasteiger partial charge on any atom is -0.299 e. The number of hydrogen-bond acceptors (Lipinski definition) is 1. The van der Waals surface area contributed by atoms with Crippen LogP contribution in [0.5, 0.6) is 0 Å². The Morgan fingerprint density at radius 3 is 3.00 bits per heavy atom. The van der Waals surface area contributed by atoms with E-state index in [0.717, 1.165) is 12.8 Å². The van der Waals surface area contributed by atoms with E-state index in [9.17, 15) is 4.79 Å². The van der Waals surface area contributed by atoms with Crippen molar-refractivity contribution >= 4 is 5.78 Å². The van der Waals surface area contributed by atoms with Gasteiger partial charge in [0.15, 0.2) is 0 Å². The van der Waals surface area contributed by atoms with Crippen LogP contribution in [-0.4, -0.2) is 5.78 Å². The smallest absolute Gasteiger partial charge is 0.140 e. The molecule has 0 spiro atoms. The van der Waals surface area contributed by atoms with Gasteiger partial charge < -0.3 is 0 Å². The van der Waals surface area contributed by atoms with Crippen molar-refractivity contribution in [2.45, 2.75) is 12.8 Å². The van der Waals surface area contributed by atoms with E-state index >= 15 is 0 Å². The van der Waals surface area contributed by atoms with E-state index in [2.05, 4.69) is 12.2 Å². The first kappa shape index (κ1) is 4.30. The van der Waals surface area contributed by atoms with Gasteiger partial charge >= 0.3 is 0 Å². The maximum Gasteiger partial charge on any atom is 0.140 e. The van der Waals surface area contributed by atoms with Crippen molar-refractivity contribution in [1.29, 1.82) is 0 Å². The standard InChI is InChI=1S/C7H8O/c8-7-4-5-2-1-3-6(5)7/h1,3,5-6H,2,4H2/t5-,6+/m0/s1. The quantitative estimate of drug-likeness (QED) is 0.425. The summed E-state index contributed by atoms with van der Waals surface area (Å²) in [6, 6.07) is 0. The molecule has 2 aliphatic carbocycles. The topological polar surface area (TPSA) is 17.1 Å². The molecule has 42 valence electrons. The van der Waals surface area contributed by atoms with Gasteiger partial charge in [0.25, 0.3) is 0 Å². The number of Topliss-reactive ketones (excluding diaryl/α,β-unsaturated/α-hetero) is 1. The van der Waals surface area contributed by atoms with Crippen LogP contribution in [-0.2, 0) is 4.79 Å². The van der Waals surface area contributed by atoms with Gasteiger partial charge in [0.1, 0.15) is 5.78 Å². The highest BCUT2D eigenvalue weighted by atomic mass is 16.1. The summed E-state index contributed by atoms with van der Waals surface area (Å²) < 4.78 is 0. The van der Waals surface area contributed by atoms with Gasteiger partial charge in [-0.15, -0.1) is 0 Å². The van der Waals surface area contributed by atoms with Crippen molar-refractivity contribution in [2.75, 3.05) is 0 Å². The fourth-order valence-corrected chi connectivity index (χ4v) is 1.52. The predicted octanol–water partition coefficient (Wildman–Crippen LogP) is 1.15. The summed E-state index contributed by atoms with van der Waals surface area (Å²) in [6.07, 6.45) is 6.17. The van der Waals surface area contributed by atoms with Crippen LogP contribution in [0.1, 0.15) is 12.8 Å². The van der Waals surface area contributed by atoms with Crippen molar-refractivity contribution in [2.24, 2.45) is 11.8 Å². The van der Waals surface area contributed by atoms with Gasteiger partial charge in [-0.25, -0.2) is 0 Å². The largest absolute Gasteiger partial charge is 0.299 e. The molecule has 0 bridgehead atoms. The van der Waals surface area contributed by atoms with Gasteiger partial charge in [-0.05, 0) is 12.3 Å². The molecular weight excluding hydrogens is 100 g/mol. The molecule has 0 heterocycles. The van der Waals surface area contributed by atoms with Gasteiger partial charge in [-0.1, -0.05) is 12.2 Å². The van der Waals surface area contributed by atoms with E-state index in [1.165, 1.54) is 0 Å². The van der Waals surface area contributed by atoms with Crippen LogP contribution < -0.4 is 0 Å². The molecule has 1 saturated carbocycles. The molecule has 0 saturated heterocycles. The van der Waals surface area contributed by atoms with Crippen LogP contribution in [0, 0.1) is 11.8 Å². The van der Waals surface area contributed by atoms with Crippen LogP contribution >= 0.6 is 0 Å². The Labute approximate surface area is 48.4 Å². The molecule has 1 fully saturated rings. The Morgan fingerprint density at radius 1 is 1.62 bits per heavy atom. The highest BCUT2D eigenvalue weighted by Gasteiger charge is 2.39. The average Bonchev–Trinajstić information content (AvgIpc) is 2.09. The molecule has 0 aliphatic heterocycles. The zero-order valence-corrected chi connectivity index (χ0v) is 4.63. The molecule has 0 amide bonds. The molecule has 2 rings (SSSR count). The lowest BCUT2D eigenvalue weighted by molar-refractivity contribution is -0.130. The number of ketones is 1. The summed E-state index contributed by atoms with van der Waals surface area (Å²) >= 11 is 0. The van der Waals surface area contributed by atoms with E-state index in [4.69, 9.17) is 0 Å². The molecule has 1 nitrogen and oxygen atoms in total. The highest BCUT2D eigenvalue weighted by molar-refractivity contribution is 5.89. The first-order chi connectivity index (χ1) is 3.88. The monoisotopic (exact) mass is 108 g/mol. The lowest BCUT2D eigenvalue weighted by Crippen LogP contribution is -2.32. The van der Waals surface area contributed by atoms with E-state index in [1.54, 1.807) is 0 Å². The van der Waals surface area contributed by atoms with Gasteiger partial charge in [0, 0.05) is 12.3 Å². The first-order valence-electron chi connectivity index (χ1n) is 3.07. The second-order valence-corrected chi connectivity index (χ2v) is 2.62. The summed E-state index contributed by atoms with van der Waals surface area (Å²) in [7, 11) is 0. The molecule has 2 atom stereocenters. The Kier molecular flexibility index (Phi) is 0.655. The van der Waals surface area contributed by atoms with Gasteiger partial charge in [-0.3, -0.25) is 4.79 Å². The van der Waals surface area contributed by atoms with Crippen LogP contribution in [0.2, 0.25) is 0 Å². The predicted molar refractivity (Wildman–Crippen MR) is 30.4 cm³/mol. The Balaban J connectivity index is 2.21. The molecule has 1 heteroatoms. The summed E-state index contributed by atoms with van der Waals surface area (Å²) in [5.41, 5.74) is 0. The second kappa shape index (κ2) is 1.22. The van der Waals surface area contributed by atoms with Crippen molar-refractivity contribution in [3.05, 3.63) is 12.2 Å². The molecule has 0 unspecified atom stereocenters. The molecular formula is C7H8O. The second-order valence-electron chi connectivity index (χ2n) is 2.62. The average molecular weight is 108 g/mol. The number of allylic oxidation sites excluding steroid dienone is 2. The third-order valence-corrected chi connectivity index (χ3v) is 2.13. The van der Waals surface area contributed by atoms with Crippen molar-refractivity contribution < 1.29 is 4.79 Å². The molecule has 0 N–H and O–H groups in total. The first-order valence-corrected chi connectivity index (χ1v) is 3.07. The van der Waals surface area contributed by atoms with Crippen molar-refractivity contribution in [3.8, 4) is 0 Å². The van der Waals surface area contributed by atoms with Gasteiger partial charge in [0.2, 0.25) is 0 Å². The fourth-order valence-electron chi connectivity index (χ4n) is 1.52. The van der Waals surface area contributed by atoms with E-state index in [0.29, 0.717) is 17.6 Å². The van der Waals surface area contributed by atoms with E-state index < -0.39 is 0 Å². The Morgan fingerprint density at radius 2 is 2.50 bits per heavy atom. The molecule has 8 heavy (non-hydrogen) atoms. The number of carbonyl (C=O) groups is 1. The number of rotatable bonds is 0. The van der Waals surface area contributed by atoms with Crippen LogP contribution in [0.3, 0.4) is 0 Å². The lowest BCUT2D eigenvalue weighted by atomic mass is 9.75. The number of hydrogen-bond donors (Lipinski definition) is 0. The molecule has 0 radical (unpaired) electrons. The van der Waals surface area contributed by atoms with E-state index in [-0.39, 0.29) is 0 Å². The van der Waals surface area contributed by atoms with Crippen molar-refractivity contribution in [3.63, 3.8) is 0 Å². The zero-order chi connectivity index (χ0) is 5.56. The molecule has 0 aromatic rings. The van der Waals surface area contributed by atoms with Gasteiger partial charge in [-0.2, -0.15) is 0 Å².